The summed E-state index contributed by atoms with van der Waals surface area (Å²) >= 11 is 0. The van der Waals surface area contributed by atoms with Gasteiger partial charge in [-0.25, -0.2) is 0 Å². The molecule has 0 bridgehead atoms. The molecule has 0 atom stereocenters. The van der Waals surface area contributed by atoms with Crippen LogP contribution in [0.2, 0.25) is 0 Å². The average molecular weight is 144 g/mol. The molecule has 0 rings (SSSR count). The molecular weight excluding hydrogens is 128 g/mol. The third kappa shape index (κ3) is 2.82. The van der Waals surface area contributed by atoms with Crippen molar-refractivity contribution in [3.63, 3.8) is 0 Å². The third-order valence-corrected chi connectivity index (χ3v) is 1.47. The second-order valence-corrected chi connectivity index (χ2v) is 2.10. The molecule has 0 radical (unpaired) electrons. The van der Waals surface area contributed by atoms with Gasteiger partial charge in [0.1, 0.15) is 0 Å². The highest BCUT2D eigenvalue weighted by Gasteiger charge is 2.06. The number of nitrogens with zero attached hydrogens (tertiary/aromatic N) is 1. The highest BCUT2D eigenvalue weighted by Crippen LogP contribution is 1.91. The van der Waals surface area contributed by atoms with E-state index in [0.29, 0.717) is 13.0 Å². The number of carbonyl (C=O) groups is 1. The minimum atomic E-state index is 0.160. The summed E-state index contributed by atoms with van der Waals surface area (Å²) in [6.07, 6.45) is 0.474. The van der Waals surface area contributed by atoms with Gasteiger partial charge in [-0.1, -0.05) is 0 Å². The van der Waals surface area contributed by atoms with E-state index >= 15 is 0 Å². The van der Waals surface area contributed by atoms with E-state index in [1.165, 1.54) is 0 Å². The van der Waals surface area contributed by atoms with Crippen molar-refractivity contribution in [1.82, 2.24) is 4.90 Å². The van der Waals surface area contributed by atoms with E-state index < -0.39 is 0 Å². The molecule has 0 aliphatic rings. The van der Waals surface area contributed by atoms with Crippen molar-refractivity contribution in [2.75, 3.05) is 19.6 Å². The Morgan fingerprint density at radius 3 is 2.20 bits per heavy atom. The lowest BCUT2D eigenvalue weighted by molar-refractivity contribution is -0.130. The van der Waals surface area contributed by atoms with Crippen molar-refractivity contribution in [1.29, 1.82) is 0 Å². The van der Waals surface area contributed by atoms with Gasteiger partial charge in [-0.2, -0.15) is 0 Å². The van der Waals surface area contributed by atoms with Gasteiger partial charge < -0.3 is 10.6 Å². The zero-order valence-electron chi connectivity index (χ0n) is 6.76. The molecule has 0 aromatic rings. The number of nitrogens with two attached hydrogens (primary N) is 1. The Morgan fingerprint density at radius 1 is 1.40 bits per heavy atom. The zero-order chi connectivity index (χ0) is 7.98. The molecule has 3 nitrogen and oxygen atoms in total. The number of carbonyl (C=O) groups excluding carboxylic acids is 1. The quantitative estimate of drug-likeness (QED) is 0.613. The minimum absolute atomic E-state index is 0.160. The lowest BCUT2D eigenvalue weighted by atomic mass is 10.3. The predicted molar refractivity (Wildman–Crippen MR) is 41.6 cm³/mol. The molecule has 0 saturated carbocycles. The highest BCUT2D eigenvalue weighted by atomic mass is 16.2. The minimum Gasteiger partial charge on any atom is -0.343 e. The van der Waals surface area contributed by atoms with Gasteiger partial charge in [0.25, 0.3) is 0 Å². The molecule has 0 aliphatic heterocycles. The summed E-state index contributed by atoms with van der Waals surface area (Å²) in [5.41, 5.74) is 5.23. The number of hydrogen-bond donors (Lipinski definition) is 1. The molecular formula is C7H16N2O. The van der Waals surface area contributed by atoms with Crippen LogP contribution in [0.3, 0.4) is 0 Å². The molecule has 1 amide bonds. The normalized spacial score (nSPS) is 9.50. The summed E-state index contributed by atoms with van der Waals surface area (Å²) in [6, 6.07) is 0. The standard InChI is InChI=1S/C7H16N2O/c1-3-9(4-2)7(10)5-6-8/h3-6,8H2,1-2H3. The van der Waals surface area contributed by atoms with Gasteiger partial charge in [0, 0.05) is 26.1 Å². The Bertz CT molecular complexity index is 99.8. The first kappa shape index (κ1) is 9.43. The second kappa shape index (κ2) is 5.23. The fraction of sp³-hybridized carbons (Fsp3) is 0.857. The van der Waals surface area contributed by atoms with Crippen molar-refractivity contribution in [3.8, 4) is 0 Å². The number of amides is 1. The van der Waals surface area contributed by atoms with Crippen LogP contribution in [0.15, 0.2) is 0 Å². The number of rotatable bonds is 4. The first-order chi connectivity index (χ1) is 4.76. The molecule has 0 spiro atoms. The van der Waals surface area contributed by atoms with Crippen LogP contribution < -0.4 is 5.73 Å². The fourth-order valence-electron chi connectivity index (χ4n) is 0.858. The maximum Gasteiger partial charge on any atom is 0.223 e. The Hall–Kier alpha value is -0.570. The van der Waals surface area contributed by atoms with Gasteiger partial charge in [-0.05, 0) is 13.8 Å². The third-order valence-electron chi connectivity index (χ3n) is 1.47. The van der Waals surface area contributed by atoms with Crippen LogP contribution in [0, 0.1) is 0 Å². The predicted octanol–water partition coefficient (Wildman–Crippen LogP) is 0.204. The Labute approximate surface area is 62.2 Å². The molecule has 2 N–H and O–H groups in total. The molecule has 0 fully saturated rings. The zero-order valence-corrected chi connectivity index (χ0v) is 6.76. The summed E-state index contributed by atoms with van der Waals surface area (Å²) in [5.74, 6) is 0.160. The molecule has 0 aromatic carbocycles. The maximum atomic E-state index is 11.1. The molecule has 0 heterocycles. The summed E-state index contributed by atoms with van der Waals surface area (Å²) in [6.45, 7) is 5.97. The average Bonchev–Trinajstić information content (AvgIpc) is 1.91. The van der Waals surface area contributed by atoms with E-state index in [1.54, 1.807) is 4.90 Å². The van der Waals surface area contributed by atoms with Gasteiger partial charge in [-0.3, -0.25) is 4.79 Å². The molecule has 10 heavy (non-hydrogen) atoms. The van der Waals surface area contributed by atoms with Crippen LogP contribution >= 0.6 is 0 Å². The first-order valence-electron chi connectivity index (χ1n) is 3.74. The van der Waals surface area contributed by atoms with Crippen LogP contribution in [0.1, 0.15) is 20.3 Å². The topological polar surface area (TPSA) is 46.3 Å². The Morgan fingerprint density at radius 2 is 1.90 bits per heavy atom. The van der Waals surface area contributed by atoms with E-state index in [0.717, 1.165) is 13.1 Å². The Kier molecular flexibility index (Phi) is 4.94. The van der Waals surface area contributed by atoms with E-state index in [2.05, 4.69) is 0 Å². The second-order valence-electron chi connectivity index (χ2n) is 2.10. The molecule has 60 valence electrons. The molecule has 0 saturated heterocycles. The number of hydrogen-bond acceptors (Lipinski definition) is 2. The summed E-state index contributed by atoms with van der Waals surface area (Å²) in [5, 5.41) is 0. The summed E-state index contributed by atoms with van der Waals surface area (Å²) < 4.78 is 0. The van der Waals surface area contributed by atoms with E-state index in [-0.39, 0.29) is 5.91 Å². The summed E-state index contributed by atoms with van der Waals surface area (Å²) in [7, 11) is 0. The van der Waals surface area contributed by atoms with E-state index in [9.17, 15) is 4.79 Å². The van der Waals surface area contributed by atoms with Crippen molar-refractivity contribution in [3.05, 3.63) is 0 Å². The van der Waals surface area contributed by atoms with E-state index in [1.807, 2.05) is 13.8 Å². The molecule has 3 heteroatoms. The Balaban J connectivity index is 3.65. The van der Waals surface area contributed by atoms with Crippen molar-refractivity contribution >= 4 is 5.91 Å². The first-order valence-corrected chi connectivity index (χ1v) is 3.74. The van der Waals surface area contributed by atoms with Gasteiger partial charge in [-0.15, -0.1) is 0 Å². The van der Waals surface area contributed by atoms with Crippen LogP contribution in [-0.4, -0.2) is 30.4 Å². The molecule has 0 unspecified atom stereocenters. The SMILES string of the molecule is CCN(CC)C(=O)CCN. The van der Waals surface area contributed by atoms with Crippen LogP contribution in [0.4, 0.5) is 0 Å². The van der Waals surface area contributed by atoms with Crippen LogP contribution in [-0.2, 0) is 4.79 Å². The smallest absolute Gasteiger partial charge is 0.223 e. The maximum absolute atomic E-state index is 11.1. The largest absolute Gasteiger partial charge is 0.343 e. The molecule has 0 aromatic heterocycles. The van der Waals surface area contributed by atoms with Crippen molar-refractivity contribution in [2.24, 2.45) is 5.73 Å². The molecule has 0 aliphatic carbocycles. The summed E-state index contributed by atoms with van der Waals surface area (Å²) in [4.78, 5) is 12.8. The van der Waals surface area contributed by atoms with Crippen molar-refractivity contribution in [2.45, 2.75) is 20.3 Å². The fourth-order valence-corrected chi connectivity index (χ4v) is 0.858. The lowest BCUT2D eigenvalue weighted by Crippen LogP contribution is -2.31. The van der Waals surface area contributed by atoms with Gasteiger partial charge in [0.2, 0.25) is 5.91 Å². The van der Waals surface area contributed by atoms with Crippen LogP contribution in [0.5, 0.6) is 0 Å². The monoisotopic (exact) mass is 144 g/mol. The highest BCUT2D eigenvalue weighted by molar-refractivity contribution is 5.76. The van der Waals surface area contributed by atoms with Crippen LogP contribution in [0.25, 0.3) is 0 Å². The van der Waals surface area contributed by atoms with Crippen molar-refractivity contribution < 1.29 is 4.79 Å². The van der Waals surface area contributed by atoms with Gasteiger partial charge >= 0.3 is 0 Å². The van der Waals surface area contributed by atoms with E-state index in [4.69, 9.17) is 5.73 Å². The van der Waals surface area contributed by atoms with Gasteiger partial charge in [0.05, 0.1) is 0 Å². The van der Waals surface area contributed by atoms with Gasteiger partial charge in [0.15, 0.2) is 0 Å². The lowest BCUT2D eigenvalue weighted by Gasteiger charge is -2.17.